The Labute approximate surface area is 361 Å². The third kappa shape index (κ3) is 5.55. The first kappa shape index (κ1) is 35.2. The molecule has 0 bridgehead atoms. The minimum atomic E-state index is 0.555. The van der Waals surface area contributed by atoms with Crippen LogP contribution in [0.4, 0.5) is 0 Å². The molecule has 0 radical (unpaired) electrons. The van der Waals surface area contributed by atoms with Crippen LogP contribution in [0.5, 0.6) is 0 Å². The van der Waals surface area contributed by atoms with Crippen LogP contribution in [0, 0.1) is 0 Å². The number of furan rings is 2. The van der Waals surface area contributed by atoms with E-state index in [1.54, 1.807) is 0 Å². The molecule has 0 atom stereocenters. The molecule has 0 saturated heterocycles. The number of benzene rings is 9. The molecule has 0 amide bonds. The van der Waals surface area contributed by atoms with Crippen LogP contribution >= 0.6 is 0 Å². The molecule has 0 aliphatic rings. The molecule has 0 fully saturated rings. The van der Waals surface area contributed by atoms with Crippen molar-refractivity contribution < 1.29 is 8.83 Å². The minimum absolute atomic E-state index is 0.555. The van der Waals surface area contributed by atoms with Crippen molar-refractivity contribution in [2.24, 2.45) is 0 Å². The average Bonchev–Trinajstić information content (AvgIpc) is 4.04. The van der Waals surface area contributed by atoms with Crippen molar-refractivity contribution in [3.8, 4) is 62.1 Å². The van der Waals surface area contributed by atoms with Crippen LogP contribution in [-0.4, -0.2) is 19.5 Å². The largest absolute Gasteiger partial charge is 0.456 e. The van der Waals surface area contributed by atoms with E-state index in [4.69, 9.17) is 23.8 Å². The first-order chi connectivity index (χ1) is 31.2. The lowest BCUT2D eigenvalue weighted by Gasteiger charge is -2.16. The van der Waals surface area contributed by atoms with E-state index in [2.05, 4.69) is 168 Å². The molecule has 6 nitrogen and oxygen atoms in total. The number of fused-ring (bicyclic) bond motifs is 9. The van der Waals surface area contributed by atoms with Gasteiger partial charge in [0.05, 0.1) is 22.1 Å². The van der Waals surface area contributed by atoms with Crippen molar-refractivity contribution >= 4 is 65.7 Å². The van der Waals surface area contributed by atoms with Crippen LogP contribution in [0.2, 0.25) is 0 Å². The summed E-state index contributed by atoms with van der Waals surface area (Å²) in [5.74, 6) is 1.73. The maximum Gasteiger partial charge on any atom is 0.166 e. The summed E-state index contributed by atoms with van der Waals surface area (Å²) in [7, 11) is 0. The van der Waals surface area contributed by atoms with E-state index < -0.39 is 0 Å². The SMILES string of the molecule is c1ccc(-c2ccc(-c3nc(-c4ccccc4)nc(-c4ccc5oc6cccc(-c7cccc8oc9ccccc9c78)c6c5c4-n4c5ccccc5c5ccccc54)n3)cc2)cc1. The second-order valence-corrected chi connectivity index (χ2v) is 15.9. The topological polar surface area (TPSA) is 69.9 Å². The quantitative estimate of drug-likeness (QED) is 0.167. The summed E-state index contributed by atoms with van der Waals surface area (Å²) < 4.78 is 15.7. The summed E-state index contributed by atoms with van der Waals surface area (Å²) in [5.41, 5.74) is 13.3. The van der Waals surface area contributed by atoms with Crippen LogP contribution in [0.25, 0.3) is 128 Å². The Balaban J connectivity index is 1.15. The maximum absolute atomic E-state index is 6.89. The molecule has 13 aromatic rings. The molecule has 6 heteroatoms. The summed E-state index contributed by atoms with van der Waals surface area (Å²) in [4.78, 5) is 15.9. The predicted octanol–water partition coefficient (Wildman–Crippen LogP) is 15.1. The second-order valence-electron chi connectivity index (χ2n) is 15.9. The zero-order chi connectivity index (χ0) is 41.4. The van der Waals surface area contributed by atoms with Crippen molar-refractivity contribution in [3.63, 3.8) is 0 Å². The highest BCUT2D eigenvalue weighted by atomic mass is 16.3. The van der Waals surface area contributed by atoms with E-state index in [0.29, 0.717) is 17.5 Å². The Morgan fingerprint density at radius 1 is 0.286 bits per heavy atom. The van der Waals surface area contributed by atoms with Gasteiger partial charge in [-0.05, 0) is 64.7 Å². The molecule has 0 spiro atoms. The fourth-order valence-electron chi connectivity index (χ4n) is 9.48. The number of rotatable bonds is 6. The van der Waals surface area contributed by atoms with Crippen molar-refractivity contribution in [1.29, 1.82) is 0 Å². The number of aromatic nitrogens is 4. The molecule has 294 valence electrons. The first-order valence-electron chi connectivity index (χ1n) is 21.1. The van der Waals surface area contributed by atoms with Crippen molar-refractivity contribution in [2.75, 3.05) is 0 Å². The van der Waals surface area contributed by atoms with E-state index >= 15 is 0 Å². The molecule has 4 heterocycles. The third-order valence-corrected chi connectivity index (χ3v) is 12.3. The Hall–Kier alpha value is -8.61. The van der Waals surface area contributed by atoms with Gasteiger partial charge in [0.2, 0.25) is 0 Å². The fourth-order valence-corrected chi connectivity index (χ4v) is 9.48. The van der Waals surface area contributed by atoms with Gasteiger partial charge in [0.1, 0.15) is 22.3 Å². The molecule has 13 rings (SSSR count). The Kier molecular flexibility index (Phi) is 7.80. The maximum atomic E-state index is 6.89. The van der Waals surface area contributed by atoms with E-state index in [0.717, 1.165) is 110 Å². The van der Waals surface area contributed by atoms with Crippen LogP contribution in [0.15, 0.2) is 215 Å². The van der Waals surface area contributed by atoms with Crippen LogP contribution in [0.1, 0.15) is 0 Å². The monoisotopic (exact) mass is 806 g/mol. The number of nitrogens with zero attached hydrogens (tertiary/aromatic N) is 4. The molecule has 63 heavy (non-hydrogen) atoms. The predicted molar refractivity (Wildman–Crippen MR) is 256 cm³/mol. The molecular formula is C57H34N4O2. The van der Waals surface area contributed by atoms with Gasteiger partial charge in [-0.2, -0.15) is 0 Å². The molecule has 0 unspecified atom stereocenters. The lowest BCUT2D eigenvalue weighted by atomic mass is 9.94. The minimum Gasteiger partial charge on any atom is -0.456 e. The van der Waals surface area contributed by atoms with Gasteiger partial charge in [-0.1, -0.05) is 164 Å². The van der Waals surface area contributed by atoms with E-state index in [-0.39, 0.29) is 0 Å². The van der Waals surface area contributed by atoms with E-state index in [9.17, 15) is 0 Å². The summed E-state index contributed by atoms with van der Waals surface area (Å²) in [5, 5.41) is 6.40. The number of para-hydroxylation sites is 3. The first-order valence-corrected chi connectivity index (χ1v) is 21.1. The van der Waals surface area contributed by atoms with E-state index in [1.165, 1.54) is 0 Å². The van der Waals surface area contributed by atoms with Crippen LogP contribution in [0.3, 0.4) is 0 Å². The summed E-state index contributed by atoms with van der Waals surface area (Å²) in [6.45, 7) is 0. The molecular weight excluding hydrogens is 773 g/mol. The van der Waals surface area contributed by atoms with Crippen LogP contribution in [-0.2, 0) is 0 Å². The smallest absolute Gasteiger partial charge is 0.166 e. The van der Waals surface area contributed by atoms with Gasteiger partial charge in [-0.3, -0.25) is 0 Å². The third-order valence-electron chi connectivity index (χ3n) is 12.3. The van der Waals surface area contributed by atoms with Gasteiger partial charge in [0.15, 0.2) is 17.5 Å². The zero-order valence-electron chi connectivity index (χ0n) is 33.7. The summed E-state index contributed by atoms with van der Waals surface area (Å²) in [6.07, 6.45) is 0. The Bertz CT molecular complexity index is 3850. The van der Waals surface area contributed by atoms with Gasteiger partial charge >= 0.3 is 0 Å². The highest BCUT2D eigenvalue weighted by Crippen LogP contribution is 2.47. The van der Waals surface area contributed by atoms with Gasteiger partial charge in [-0.15, -0.1) is 0 Å². The number of hydrogen-bond acceptors (Lipinski definition) is 5. The van der Waals surface area contributed by atoms with Gasteiger partial charge in [0.25, 0.3) is 0 Å². The normalized spacial score (nSPS) is 11.8. The molecule has 0 aliphatic heterocycles. The lowest BCUT2D eigenvalue weighted by molar-refractivity contribution is 0.668. The van der Waals surface area contributed by atoms with Crippen molar-refractivity contribution in [1.82, 2.24) is 19.5 Å². The Morgan fingerprint density at radius 2 is 0.746 bits per heavy atom. The highest BCUT2D eigenvalue weighted by molar-refractivity contribution is 6.23. The molecule has 0 saturated carbocycles. The van der Waals surface area contributed by atoms with Crippen molar-refractivity contribution in [3.05, 3.63) is 206 Å². The molecule has 0 N–H and O–H groups in total. The molecule has 9 aromatic carbocycles. The standard InChI is InChI=1S/C57H34N4O2/c1-3-15-35(16-4-1)36-29-31-38(32-30-36)56-58-55(37-17-5-2-6-18-37)59-57(60-56)44-33-34-50-53(54(44)61-45-24-10-7-19-39(45)40-20-8-11-25-46(40)61)52-42(23-14-28-49(52)63-50)41-22-13-27-48-51(41)43-21-9-12-26-47(43)62-48/h1-34H. The van der Waals surface area contributed by atoms with Gasteiger partial charge in [-0.25, -0.2) is 15.0 Å². The van der Waals surface area contributed by atoms with Crippen LogP contribution < -0.4 is 0 Å². The second kappa shape index (κ2) is 14.0. The summed E-state index contributed by atoms with van der Waals surface area (Å²) in [6, 6.07) is 71.3. The molecule has 0 aliphatic carbocycles. The number of hydrogen-bond donors (Lipinski definition) is 0. The van der Waals surface area contributed by atoms with Gasteiger partial charge < -0.3 is 13.4 Å². The fraction of sp³-hybridized carbons (Fsp3) is 0. The average molecular weight is 807 g/mol. The van der Waals surface area contributed by atoms with E-state index in [1.807, 2.05) is 42.5 Å². The summed E-state index contributed by atoms with van der Waals surface area (Å²) >= 11 is 0. The van der Waals surface area contributed by atoms with Crippen molar-refractivity contribution in [2.45, 2.75) is 0 Å². The Morgan fingerprint density at radius 3 is 1.43 bits per heavy atom. The highest BCUT2D eigenvalue weighted by Gasteiger charge is 2.26. The zero-order valence-corrected chi connectivity index (χ0v) is 33.7. The molecule has 4 aromatic heterocycles. The van der Waals surface area contributed by atoms with Gasteiger partial charge in [0, 0.05) is 43.6 Å². The lowest BCUT2D eigenvalue weighted by Crippen LogP contribution is -2.04.